The van der Waals surface area contributed by atoms with E-state index in [1.807, 2.05) is 6.92 Å². The number of nitrogens with zero attached hydrogens (tertiary/aromatic N) is 1. The minimum absolute atomic E-state index is 0.0879. The molecule has 1 aliphatic heterocycles. The Bertz CT molecular complexity index is 592. The Balaban J connectivity index is 2.38. The second kappa shape index (κ2) is 5.70. The second-order valence-electron chi connectivity index (χ2n) is 4.89. The summed E-state index contributed by atoms with van der Waals surface area (Å²) in [6.07, 6.45) is 0.214. The summed E-state index contributed by atoms with van der Waals surface area (Å²) >= 11 is 4.37. The number of Topliss-reactive ketones (excluding diaryl/α,β-unsaturated/α-hetero) is 1. The minimum Gasteiger partial charge on any atom is -0.295 e. The number of carbonyl (C=O) groups is 3. The number of carbonyl (C=O) groups excluding carboxylic acids is 3. The highest BCUT2D eigenvalue weighted by Crippen LogP contribution is 2.42. The molecule has 0 spiro atoms. The van der Waals surface area contributed by atoms with Gasteiger partial charge in [-0.25, -0.2) is 0 Å². The molecule has 0 bridgehead atoms. The first-order valence-corrected chi connectivity index (χ1v) is 8.23. The van der Waals surface area contributed by atoms with Crippen molar-refractivity contribution in [2.24, 2.45) is 5.92 Å². The van der Waals surface area contributed by atoms with Gasteiger partial charge in [0.15, 0.2) is 5.78 Å². The molecule has 20 heavy (non-hydrogen) atoms. The summed E-state index contributed by atoms with van der Waals surface area (Å²) in [5, 5.41) is 0. The maximum atomic E-state index is 12.5. The summed E-state index contributed by atoms with van der Waals surface area (Å²) in [6, 6.07) is 6.64. The van der Waals surface area contributed by atoms with Crippen LogP contribution in [0.4, 0.5) is 5.69 Å². The van der Waals surface area contributed by atoms with Gasteiger partial charge in [-0.15, -0.1) is 0 Å². The molecule has 2 amide bonds. The van der Waals surface area contributed by atoms with Gasteiger partial charge in [-0.1, -0.05) is 57.3 Å². The number of benzene rings is 1. The van der Waals surface area contributed by atoms with Crippen LogP contribution in [-0.2, 0) is 9.59 Å². The number of anilines is 1. The van der Waals surface area contributed by atoms with Gasteiger partial charge in [-0.3, -0.25) is 19.3 Å². The summed E-state index contributed by atoms with van der Waals surface area (Å²) < 4.78 is -0.310. The Kier molecular flexibility index (Phi) is 4.53. The first-order chi connectivity index (χ1) is 9.21. The molecule has 0 N–H and O–H groups in total. The molecule has 1 fully saturated rings. The molecule has 106 valence electrons. The van der Waals surface area contributed by atoms with Crippen molar-refractivity contribution in [1.82, 2.24) is 0 Å². The lowest BCUT2D eigenvalue weighted by molar-refractivity contribution is -0.122. The van der Waals surface area contributed by atoms with Crippen molar-refractivity contribution in [3.8, 4) is 0 Å². The van der Waals surface area contributed by atoms with Gasteiger partial charge in [0.25, 0.3) is 0 Å². The van der Waals surface area contributed by atoms with Crippen LogP contribution in [0.25, 0.3) is 0 Å². The second-order valence-corrected chi connectivity index (χ2v) is 11.4. The molecule has 2 rings (SSSR count). The molecule has 1 aromatic carbocycles. The maximum Gasteiger partial charge on any atom is 0.239 e. The SMILES string of the molecule is CC(=O)c1cccc(N2C(=O)CC(C(C)(I)I)C2=O)c1. The number of hydrogen-bond acceptors (Lipinski definition) is 3. The lowest BCUT2D eigenvalue weighted by Gasteiger charge is -2.21. The van der Waals surface area contributed by atoms with E-state index in [1.54, 1.807) is 24.3 Å². The zero-order chi connectivity index (χ0) is 15.1. The third-order valence-corrected chi connectivity index (χ3v) is 4.77. The molecule has 1 heterocycles. The van der Waals surface area contributed by atoms with Gasteiger partial charge in [0, 0.05) is 12.0 Å². The topological polar surface area (TPSA) is 54.5 Å². The Labute approximate surface area is 144 Å². The third kappa shape index (κ3) is 3.05. The molecule has 1 saturated heterocycles. The van der Waals surface area contributed by atoms with Crippen molar-refractivity contribution in [3.63, 3.8) is 0 Å². The highest BCUT2D eigenvalue weighted by molar-refractivity contribution is 14.2. The average Bonchev–Trinajstić information content (AvgIpc) is 2.65. The zero-order valence-corrected chi connectivity index (χ0v) is 15.3. The molecular formula is C14H13I2NO3. The molecular weight excluding hydrogens is 484 g/mol. The Morgan fingerprint density at radius 2 is 2.00 bits per heavy atom. The lowest BCUT2D eigenvalue weighted by atomic mass is 10.1. The van der Waals surface area contributed by atoms with Crippen molar-refractivity contribution < 1.29 is 14.4 Å². The van der Waals surface area contributed by atoms with Crippen LogP contribution in [0, 0.1) is 5.92 Å². The minimum atomic E-state index is -0.336. The molecule has 6 heteroatoms. The van der Waals surface area contributed by atoms with Crippen molar-refractivity contribution >= 4 is 68.5 Å². The van der Waals surface area contributed by atoms with Crippen LogP contribution >= 0.6 is 45.2 Å². The quantitative estimate of drug-likeness (QED) is 0.279. The van der Waals surface area contributed by atoms with E-state index in [1.165, 1.54) is 11.8 Å². The fourth-order valence-electron chi connectivity index (χ4n) is 2.16. The van der Waals surface area contributed by atoms with Crippen molar-refractivity contribution in [1.29, 1.82) is 0 Å². The Hall–Kier alpha value is -0.510. The molecule has 0 aliphatic carbocycles. The highest BCUT2D eigenvalue weighted by atomic mass is 127. The van der Waals surface area contributed by atoms with E-state index in [0.717, 1.165) is 0 Å². The first-order valence-electron chi connectivity index (χ1n) is 6.07. The molecule has 0 radical (unpaired) electrons. The van der Waals surface area contributed by atoms with Gasteiger partial charge in [-0.05, 0) is 26.0 Å². The molecule has 4 nitrogen and oxygen atoms in total. The Morgan fingerprint density at radius 3 is 2.50 bits per heavy atom. The maximum absolute atomic E-state index is 12.5. The molecule has 0 saturated carbocycles. The number of hydrogen-bond donors (Lipinski definition) is 0. The van der Waals surface area contributed by atoms with E-state index >= 15 is 0 Å². The zero-order valence-electron chi connectivity index (χ0n) is 11.0. The van der Waals surface area contributed by atoms with E-state index in [-0.39, 0.29) is 31.4 Å². The predicted octanol–water partition coefficient (Wildman–Crippen LogP) is 3.35. The van der Waals surface area contributed by atoms with Crippen LogP contribution in [0.1, 0.15) is 30.6 Å². The van der Waals surface area contributed by atoms with Gasteiger partial charge in [-0.2, -0.15) is 0 Å². The van der Waals surface area contributed by atoms with Crippen LogP contribution in [0.3, 0.4) is 0 Å². The van der Waals surface area contributed by atoms with Crippen LogP contribution in [0.2, 0.25) is 0 Å². The van der Waals surface area contributed by atoms with Gasteiger partial charge < -0.3 is 0 Å². The molecule has 1 aromatic rings. The van der Waals surface area contributed by atoms with Gasteiger partial charge in [0.05, 0.1) is 13.0 Å². The number of rotatable bonds is 3. The number of ketones is 1. The monoisotopic (exact) mass is 497 g/mol. The van der Waals surface area contributed by atoms with Gasteiger partial charge in [0.1, 0.15) is 0 Å². The van der Waals surface area contributed by atoms with Crippen LogP contribution < -0.4 is 4.90 Å². The van der Waals surface area contributed by atoms with E-state index in [4.69, 9.17) is 0 Å². The normalized spacial score (nSPS) is 19.6. The number of halogens is 2. The van der Waals surface area contributed by atoms with E-state index < -0.39 is 0 Å². The number of imide groups is 1. The third-order valence-electron chi connectivity index (χ3n) is 3.27. The van der Waals surface area contributed by atoms with Crippen molar-refractivity contribution in [3.05, 3.63) is 29.8 Å². The lowest BCUT2D eigenvalue weighted by Crippen LogP contribution is -2.34. The van der Waals surface area contributed by atoms with E-state index in [2.05, 4.69) is 45.2 Å². The van der Waals surface area contributed by atoms with Crippen LogP contribution in [0.5, 0.6) is 0 Å². The standard InChI is InChI=1S/C14H13I2NO3/c1-8(18)9-4-3-5-10(6-9)17-12(19)7-11(13(17)20)14(2,15)16/h3-6,11H,7H2,1-2H3. The van der Waals surface area contributed by atoms with Gasteiger partial charge >= 0.3 is 0 Å². The van der Waals surface area contributed by atoms with Gasteiger partial charge in [0.2, 0.25) is 11.8 Å². The molecule has 0 aromatic heterocycles. The number of alkyl halides is 2. The summed E-state index contributed by atoms with van der Waals surface area (Å²) in [5.41, 5.74) is 0.977. The smallest absolute Gasteiger partial charge is 0.239 e. The largest absolute Gasteiger partial charge is 0.295 e. The highest BCUT2D eigenvalue weighted by Gasteiger charge is 2.47. The average molecular weight is 497 g/mol. The summed E-state index contributed by atoms with van der Waals surface area (Å²) in [4.78, 5) is 37.2. The van der Waals surface area contributed by atoms with Crippen molar-refractivity contribution in [2.45, 2.75) is 21.7 Å². The summed E-state index contributed by atoms with van der Waals surface area (Å²) in [6.45, 7) is 3.39. The summed E-state index contributed by atoms with van der Waals surface area (Å²) in [7, 11) is 0. The number of amides is 2. The fourth-order valence-corrected chi connectivity index (χ4v) is 3.14. The predicted molar refractivity (Wildman–Crippen MR) is 93.5 cm³/mol. The first kappa shape index (κ1) is 15.9. The molecule has 1 unspecified atom stereocenters. The van der Waals surface area contributed by atoms with E-state index in [0.29, 0.717) is 11.3 Å². The van der Waals surface area contributed by atoms with Crippen LogP contribution in [-0.4, -0.2) is 19.0 Å². The Morgan fingerprint density at radius 1 is 1.35 bits per heavy atom. The van der Waals surface area contributed by atoms with Crippen LogP contribution in [0.15, 0.2) is 24.3 Å². The molecule has 1 atom stereocenters. The fraction of sp³-hybridized carbons (Fsp3) is 0.357. The molecule has 1 aliphatic rings. The summed E-state index contributed by atoms with van der Waals surface area (Å²) in [5.74, 6) is -0.824. The van der Waals surface area contributed by atoms with E-state index in [9.17, 15) is 14.4 Å². The van der Waals surface area contributed by atoms with Crippen molar-refractivity contribution in [2.75, 3.05) is 4.90 Å².